The first-order valence-corrected chi connectivity index (χ1v) is 14.5. The number of aromatic hydroxyl groups is 1. The van der Waals surface area contributed by atoms with E-state index in [0.717, 1.165) is 60.6 Å². The fourth-order valence-corrected chi connectivity index (χ4v) is 6.15. The van der Waals surface area contributed by atoms with Gasteiger partial charge in [-0.25, -0.2) is 0 Å². The maximum atomic E-state index is 12.7. The van der Waals surface area contributed by atoms with Gasteiger partial charge >= 0.3 is 0 Å². The zero-order valence-electron chi connectivity index (χ0n) is 20.2. The standard InChI is InChI=1S/C27H29BrN2O4S2/c1-18(21-17-35-27(26(21)33)19-5-7-20(28)8-6-19)29-16-23(32)25-10-9-24(36-25)22(31)4-2-3-11-30-12-14-34-15-13-30/h5-10,17,33H,2-4,11-16H2,1H3. The molecule has 1 fully saturated rings. The van der Waals surface area contributed by atoms with Gasteiger partial charge in [0.25, 0.3) is 0 Å². The summed E-state index contributed by atoms with van der Waals surface area (Å²) in [6.07, 6.45) is 2.32. The van der Waals surface area contributed by atoms with Gasteiger partial charge in [-0.15, -0.1) is 22.7 Å². The van der Waals surface area contributed by atoms with E-state index in [1.807, 2.05) is 29.6 Å². The number of hydrogen-bond acceptors (Lipinski definition) is 8. The third-order valence-corrected chi connectivity index (χ3v) is 8.82. The van der Waals surface area contributed by atoms with Crippen LogP contribution in [0.25, 0.3) is 10.4 Å². The molecule has 2 aromatic heterocycles. The van der Waals surface area contributed by atoms with Gasteiger partial charge in [-0.1, -0.05) is 28.1 Å². The lowest BCUT2D eigenvalue weighted by atomic mass is 10.1. The van der Waals surface area contributed by atoms with Crippen molar-refractivity contribution in [2.75, 3.05) is 39.4 Å². The van der Waals surface area contributed by atoms with E-state index in [1.165, 1.54) is 22.7 Å². The van der Waals surface area contributed by atoms with Gasteiger partial charge < -0.3 is 9.84 Å². The second-order valence-electron chi connectivity index (χ2n) is 8.66. The van der Waals surface area contributed by atoms with E-state index in [1.54, 1.807) is 19.1 Å². The SMILES string of the molecule is CC(=NCC(=O)c1ccc(C(=O)CCCCN2CCOCC2)s1)c1csc(-c2ccc(Br)cc2)c1O. The van der Waals surface area contributed by atoms with E-state index in [4.69, 9.17) is 4.74 Å². The number of ether oxygens (including phenoxy) is 1. The molecule has 1 aliphatic rings. The lowest BCUT2D eigenvalue weighted by Gasteiger charge is -2.26. The number of thiophene rings is 2. The molecule has 190 valence electrons. The Hall–Kier alpha value is -2.17. The van der Waals surface area contributed by atoms with Crippen molar-refractivity contribution in [1.82, 2.24) is 4.90 Å². The van der Waals surface area contributed by atoms with E-state index >= 15 is 0 Å². The van der Waals surface area contributed by atoms with Crippen molar-refractivity contribution in [1.29, 1.82) is 0 Å². The summed E-state index contributed by atoms with van der Waals surface area (Å²) in [6, 6.07) is 11.2. The maximum absolute atomic E-state index is 12.7. The summed E-state index contributed by atoms with van der Waals surface area (Å²) in [4.78, 5) is 34.0. The zero-order chi connectivity index (χ0) is 25.5. The van der Waals surface area contributed by atoms with Crippen LogP contribution in [0.15, 0.2) is 51.2 Å². The molecule has 0 bridgehead atoms. The minimum Gasteiger partial charge on any atom is -0.506 e. The molecule has 0 amide bonds. The molecule has 0 unspecified atom stereocenters. The monoisotopic (exact) mass is 588 g/mol. The predicted molar refractivity (Wildman–Crippen MR) is 150 cm³/mol. The Morgan fingerprint density at radius 3 is 2.47 bits per heavy atom. The summed E-state index contributed by atoms with van der Waals surface area (Å²) in [7, 11) is 0. The van der Waals surface area contributed by atoms with Crippen LogP contribution in [0.4, 0.5) is 0 Å². The molecule has 1 N–H and O–H groups in total. The Kier molecular flexibility index (Phi) is 9.61. The van der Waals surface area contributed by atoms with Crippen molar-refractivity contribution < 1.29 is 19.4 Å². The van der Waals surface area contributed by atoms with Gasteiger partial charge in [-0.05, 0) is 56.1 Å². The first kappa shape index (κ1) is 26.9. The van der Waals surface area contributed by atoms with E-state index in [2.05, 4.69) is 25.8 Å². The van der Waals surface area contributed by atoms with Gasteiger partial charge in [-0.3, -0.25) is 19.5 Å². The highest BCUT2D eigenvalue weighted by molar-refractivity contribution is 9.10. The van der Waals surface area contributed by atoms with E-state index in [9.17, 15) is 14.7 Å². The van der Waals surface area contributed by atoms with Crippen molar-refractivity contribution in [2.45, 2.75) is 26.2 Å². The Balaban J connectivity index is 1.29. The summed E-state index contributed by atoms with van der Waals surface area (Å²) < 4.78 is 6.33. The molecule has 1 saturated heterocycles. The highest BCUT2D eigenvalue weighted by Crippen LogP contribution is 2.39. The van der Waals surface area contributed by atoms with Crippen LogP contribution in [-0.4, -0.2) is 66.7 Å². The average molecular weight is 590 g/mol. The van der Waals surface area contributed by atoms with Gasteiger partial charge in [0.05, 0.1) is 27.8 Å². The van der Waals surface area contributed by atoms with Crippen molar-refractivity contribution in [2.24, 2.45) is 4.99 Å². The molecule has 1 aliphatic heterocycles. The number of aliphatic imine (C=N–C) groups is 1. The highest BCUT2D eigenvalue weighted by atomic mass is 79.9. The normalized spacial score (nSPS) is 14.8. The number of nitrogens with zero attached hydrogens (tertiary/aromatic N) is 2. The number of hydrogen-bond donors (Lipinski definition) is 1. The van der Waals surface area contributed by atoms with Crippen molar-refractivity contribution in [3.05, 3.63) is 61.6 Å². The van der Waals surface area contributed by atoms with Crippen LogP contribution in [0, 0.1) is 0 Å². The number of benzene rings is 1. The zero-order valence-corrected chi connectivity index (χ0v) is 23.4. The van der Waals surface area contributed by atoms with Crippen LogP contribution in [0.5, 0.6) is 5.75 Å². The third kappa shape index (κ3) is 6.98. The summed E-state index contributed by atoms with van der Waals surface area (Å²) in [5.74, 6) is 0.131. The van der Waals surface area contributed by atoms with Crippen molar-refractivity contribution >= 4 is 55.9 Å². The maximum Gasteiger partial charge on any atom is 0.194 e. The first-order valence-electron chi connectivity index (χ1n) is 12.0. The smallest absolute Gasteiger partial charge is 0.194 e. The number of rotatable bonds is 11. The molecule has 6 nitrogen and oxygen atoms in total. The number of carbonyl (C=O) groups excluding carboxylic acids is 2. The molecule has 0 saturated carbocycles. The minimum absolute atomic E-state index is 0.0254. The summed E-state index contributed by atoms with van der Waals surface area (Å²) in [5, 5.41) is 12.6. The number of ketones is 2. The van der Waals surface area contributed by atoms with Crippen LogP contribution in [0.1, 0.15) is 51.1 Å². The summed E-state index contributed by atoms with van der Waals surface area (Å²) in [5.41, 5.74) is 2.16. The minimum atomic E-state index is -0.131. The lowest BCUT2D eigenvalue weighted by Crippen LogP contribution is -2.36. The second-order valence-corrected chi connectivity index (χ2v) is 11.5. The lowest BCUT2D eigenvalue weighted by molar-refractivity contribution is 0.0371. The van der Waals surface area contributed by atoms with Gasteiger partial charge in [-0.2, -0.15) is 0 Å². The van der Waals surface area contributed by atoms with Crippen LogP contribution in [-0.2, 0) is 4.74 Å². The molecule has 0 atom stereocenters. The number of unbranched alkanes of at least 4 members (excludes halogenated alkanes) is 1. The quantitative estimate of drug-likeness (QED) is 0.161. The molecular weight excluding hydrogens is 560 g/mol. The molecule has 3 heterocycles. The summed E-state index contributed by atoms with van der Waals surface area (Å²) >= 11 is 6.11. The van der Waals surface area contributed by atoms with E-state index < -0.39 is 0 Å². The molecule has 4 rings (SSSR count). The Morgan fingerprint density at radius 1 is 1.06 bits per heavy atom. The molecule has 1 aromatic carbocycles. The van der Waals surface area contributed by atoms with Crippen LogP contribution in [0.3, 0.4) is 0 Å². The molecule has 36 heavy (non-hydrogen) atoms. The van der Waals surface area contributed by atoms with Crippen molar-refractivity contribution in [3.8, 4) is 16.2 Å². The predicted octanol–water partition coefficient (Wildman–Crippen LogP) is 6.32. The topological polar surface area (TPSA) is 79.2 Å². The average Bonchev–Trinajstić information content (AvgIpc) is 3.54. The molecule has 9 heteroatoms. The highest BCUT2D eigenvalue weighted by Gasteiger charge is 2.17. The molecule has 0 spiro atoms. The Labute approximate surface area is 227 Å². The largest absolute Gasteiger partial charge is 0.506 e. The van der Waals surface area contributed by atoms with Gasteiger partial charge in [0, 0.05) is 40.6 Å². The first-order chi connectivity index (χ1) is 17.4. The fraction of sp³-hybridized carbons (Fsp3) is 0.370. The Bertz CT molecular complexity index is 1230. The molecule has 3 aromatic rings. The van der Waals surface area contributed by atoms with Crippen LogP contribution in [0.2, 0.25) is 0 Å². The van der Waals surface area contributed by atoms with Gasteiger partial charge in [0.1, 0.15) is 12.3 Å². The van der Waals surface area contributed by atoms with Crippen LogP contribution >= 0.6 is 38.6 Å². The van der Waals surface area contributed by atoms with E-state index in [0.29, 0.717) is 27.5 Å². The van der Waals surface area contributed by atoms with E-state index in [-0.39, 0.29) is 23.9 Å². The second kappa shape index (κ2) is 12.9. The molecule has 0 radical (unpaired) electrons. The van der Waals surface area contributed by atoms with Crippen LogP contribution < -0.4 is 0 Å². The summed E-state index contributed by atoms with van der Waals surface area (Å²) in [6.45, 7) is 6.26. The Morgan fingerprint density at radius 2 is 1.75 bits per heavy atom. The number of morpholine rings is 1. The third-order valence-electron chi connectivity index (χ3n) is 6.11. The number of halogens is 1. The number of Topliss-reactive ketones (excluding diaryl/α,β-unsaturated/α-hetero) is 2. The van der Waals surface area contributed by atoms with Gasteiger partial charge in [0.15, 0.2) is 11.6 Å². The fourth-order valence-electron chi connectivity index (χ4n) is 3.97. The van der Waals surface area contributed by atoms with Crippen molar-refractivity contribution in [3.63, 3.8) is 0 Å². The van der Waals surface area contributed by atoms with Gasteiger partial charge in [0.2, 0.25) is 0 Å². The molecule has 0 aliphatic carbocycles. The number of carbonyl (C=O) groups is 2. The molecular formula is C27H29BrN2O4S2.